The van der Waals surface area contributed by atoms with E-state index in [0.717, 1.165) is 6.20 Å². The summed E-state index contributed by atoms with van der Waals surface area (Å²) in [4.78, 5) is 7.26. The maximum Gasteiger partial charge on any atom is 0.239 e. The molecule has 1 aromatic rings. The van der Waals surface area contributed by atoms with Crippen LogP contribution in [0, 0.1) is 5.82 Å². The van der Waals surface area contributed by atoms with Gasteiger partial charge in [0.2, 0.25) is 16.0 Å². The summed E-state index contributed by atoms with van der Waals surface area (Å²) in [5.74, 6) is 4.22. The Bertz CT molecular complexity index is 479. The molecule has 0 saturated carbocycles. The van der Waals surface area contributed by atoms with Gasteiger partial charge in [0.25, 0.3) is 0 Å². The molecule has 0 aromatic carbocycles. The van der Waals surface area contributed by atoms with E-state index < -0.39 is 15.8 Å². The third kappa shape index (κ3) is 4.89. The van der Waals surface area contributed by atoms with Crippen LogP contribution in [0.25, 0.3) is 0 Å². The Hall–Kier alpha value is -1.52. The Balaban J connectivity index is 2.51. The first-order chi connectivity index (χ1) is 7.92. The van der Waals surface area contributed by atoms with Crippen LogP contribution in [0.15, 0.2) is 6.20 Å². The predicted octanol–water partition coefficient (Wildman–Crippen LogP) is -1.01. The minimum Gasteiger partial charge on any atom is -0.367 e. The molecular weight excluding hydrogens is 251 g/mol. The van der Waals surface area contributed by atoms with E-state index in [9.17, 15) is 12.8 Å². The first kappa shape index (κ1) is 13.5. The minimum atomic E-state index is -3.50. The summed E-state index contributed by atoms with van der Waals surface area (Å²) < 4.78 is 34.4. The van der Waals surface area contributed by atoms with Gasteiger partial charge in [-0.1, -0.05) is 0 Å². The van der Waals surface area contributed by atoms with Crippen molar-refractivity contribution in [3.63, 3.8) is 0 Å². The van der Waals surface area contributed by atoms with E-state index in [0.29, 0.717) is 0 Å². The highest BCUT2D eigenvalue weighted by Gasteiger charge is 2.06. The molecule has 0 atom stereocenters. The molecule has 0 aliphatic carbocycles. The van der Waals surface area contributed by atoms with Gasteiger partial charge in [-0.15, -0.1) is 0 Å². The topological polar surface area (TPSA) is 136 Å². The van der Waals surface area contributed by atoms with Crippen LogP contribution in [0.4, 0.5) is 16.2 Å². The lowest BCUT2D eigenvalue weighted by molar-refractivity contribution is 0.595. The predicted molar refractivity (Wildman–Crippen MR) is 60.9 cm³/mol. The molecule has 0 aliphatic heterocycles. The molecule has 6 N–H and O–H groups in total. The van der Waals surface area contributed by atoms with Gasteiger partial charge in [-0.3, -0.25) is 5.43 Å². The number of nitrogens with zero attached hydrogens (tertiary/aromatic N) is 2. The minimum absolute atomic E-state index is 0.0534. The molecule has 0 aliphatic rings. The molecular formula is C7H13FN6O2S. The molecule has 1 rings (SSSR count). The van der Waals surface area contributed by atoms with Crippen molar-refractivity contribution in [3.05, 3.63) is 12.0 Å². The normalized spacial score (nSPS) is 11.2. The van der Waals surface area contributed by atoms with Gasteiger partial charge in [-0.2, -0.15) is 4.98 Å². The van der Waals surface area contributed by atoms with Crippen molar-refractivity contribution in [1.82, 2.24) is 9.97 Å². The number of rotatable bonds is 6. The van der Waals surface area contributed by atoms with E-state index in [-0.39, 0.29) is 30.5 Å². The van der Waals surface area contributed by atoms with Gasteiger partial charge in [-0.05, 0) is 6.42 Å². The van der Waals surface area contributed by atoms with Gasteiger partial charge in [0.1, 0.15) is 0 Å². The van der Waals surface area contributed by atoms with Crippen molar-refractivity contribution in [2.24, 2.45) is 11.0 Å². The number of hydrogen-bond acceptors (Lipinski definition) is 7. The molecule has 0 saturated heterocycles. The highest BCUT2D eigenvalue weighted by atomic mass is 32.2. The Morgan fingerprint density at radius 2 is 2.18 bits per heavy atom. The van der Waals surface area contributed by atoms with Gasteiger partial charge in [-0.25, -0.2) is 28.8 Å². The van der Waals surface area contributed by atoms with Crippen LogP contribution in [0.2, 0.25) is 0 Å². The molecule has 10 heteroatoms. The van der Waals surface area contributed by atoms with Gasteiger partial charge in [0.15, 0.2) is 11.6 Å². The summed E-state index contributed by atoms with van der Waals surface area (Å²) in [7, 11) is -3.50. The number of nitrogens with one attached hydrogen (secondary N) is 2. The SMILES string of the molecule is NNc1ncc(F)c(NCCCS(N)(=O)=O)n1. The zero-order valence-electron chi connectivity index (χ0n) is 8.85. The molecule has 0 amide bonds. The number of sulfonamides is 1. The van der Waals surface area contributed by atoms with Gasteiger partial charge in [0, 0.05) is 6.54 Å². The van der Waals surface area contributed by atoms with Gasteiger partial charge >= 0.3 is 0 Å². The van der Waals surface area contributed by atoms with E-state index in [2.05, 4.69) is 20.7 Å². The van der Waals surface area contributed by atoms with E-state index in [4.69, 9.17) is 11.0 Å². The molecule has 1 aromatic heterocycles. The third-order valence-electron chi connectivity index (χ3n) is 1.77. The summed E-state index contributed by atoms with van der Waals surface area (Å²) >= 11 is 0. The Labute approximate surface area is 97.6 Å². The number of halogens is 1. The number of nitrogen functional groups attached to an aromatic ring is 1. The third-order valence-corrected chi connectivity index (χ3v) is 2.63. The quantitative estimate of drug-likeness (QED) is 0.293. The van der Waals surface area contributed by atoms with Crippen LogP contribution in [-0.4, -0.2) is 30.7 Å². The Morgan fingerprint density at radius 3 is 2.76 bits per heavy atom. The zero-order valence-corrected chi connectivity index (χ0v) is 9.67. The van der Waals surface area contributed by atoms with E-state index in [1.807, 2.05) is 0 Å². The van der Waals surface area contributed by atoms with Crippen molar-refractivity contribution in [2.45, 2.75) is 6.42 Å². The summed E-state index contributed by atoms with van der Waals surface area (Å²) in [5, 5.41) is 7.43. The second-order valence-electron chi connectivity index (χ2n) is 3.18. The average Bonchev–Trinajstić information content (AvgIpc) is 2.25. The summed E-state index contributed by atoms with van der Waals surface area (Å²) in [5.41, 5.74) is 2.16. The molecule has 96 valence electrons. The van der Waals surface area contributed by atoms with Crippen LogP contribution in [0.3, 0.4) is 0 Å². The fourth-order valence-electron chi connectivity index (χ4n) is 1.04. The Kier molecular flexibility index (Phi) is 4.54. The molecule has 0 bridgehead atoms. The van der Waals surface area contributed by atoms with Crippen molar-refractivity contribution in [3.8, 4) is 0 Å². The number of hydrogen-bond donors (Lipinski definition) is 4. The van der Waals surface area contributed by atoms with E-state index in [1.165, 1.54) is 0 Å². The maximum absolute atomic E-state index is 13.2. The standard InChI is InChI=1S/C7H13FN6O2S/c8-5-4-12-7(14-9)13-6(5)11-2-1-3-17(10,15)16/h4H,1-3,9H2,(H2,10,15,16)(H2,11,12,13,14). The van der Waals surface area contributed by atoms with Crippen LogP contribution in [-0.2, 0) is 10.0 Å². The van der Waals surface area contributed by atoms with Crippen molar-refractivity contribution in [2.75, 3.05) is 23.0 Å². The van der Waals surface area contributed by atoms with Crippen molar-refractivity contribution in [1.29, 1.82) is 0 Å². The zero-order chi connectivity index (χ0) is 12.9. The first-order valence-corrected chi connectivity index (χ1v) is 6.37. The van der Waals surface area contributed by atoms with Crippen LogP contribution in [0.5, 0.6) is 0 Å². The van der Waals surface area contributed by atoms with Crippen LogP contribution in [0.1, 0.15) is 6.42 Å². The second-order valence-corrected chi connectivity index (χ2v) is 4.92. The number of anilines is 2. The maximum atomic E-state index is 13.2. The Morgan fingerprint density at radius 1 is 1.47 bits per heavy atom. The molecule has 8 nitrogen and oxygen atoms in total. The molecule has 0 radical (unpaired) electrons. The fourth-order valence-corrected chi connectivity index (χ4v) is 1.59. The monoisotopic (exact) mass is 264 g/mol. The molecule has 0 spiro atoms. The number of aromatic nitrogens is 2. The largest absolute Gasteiger partial charge is 0.367 e. The van der Waals surface area contributed by atoms with Crippen LogP contribution >= 0.6 is 0 Å². The molecule has 1 heterocycles. The van der Waals surface area contributed by atoms with E-state index >= 15 is 0 Å². The smallest absolute Gasteiger partial charge is 0.239 e. The average molecular weight is 264 g/mol. The second kappa shape index (κ2) is 5.70. The van der Waals surface area contributed by atoms with E-state index in [1.54, 1.807) is 0 Å². The number of primary sulfonamides is 1. The summed E-state index contributed by atoms with van der Waals surface area (Å²) in [6, 6.07) is 0. The number of nitrogens with two attached hydrogens (primary N) is 2. The lowest BCUT2D eigenvalue weighted by atomic mass is 10.4. The lowest BCUT2D eigenvalue weighted by Gasteiger charge is -2.07. The first-order valence-electron chi connectivity index (χ1n) is 4.66. The van der Waals surface area contributed by atoms with Crippen molar-refractivity contribution >= 4 is 21.8 Å². The van der Waals surface area contributed by atoms with Crippen LogP contribution < -0.4 is 21.7 Å². The fraction of sp³-hybridized carbons (Fsp3) is 0.429. The highest BCUT2D eigenvalue weighted by molar-refractivity contribution is 7.89. The van der Waals surface area contributed by atoms with Crippen molar-refractivity contribution < 1.29 is 12.8 Å². The number of hydrazine groups is 1. The van der Waals surface area contributed by atoms with Gasteiger partial charge < -0.3 is 5.32 Å². The summed E-state index contributed by atoms with van der Waals surface area (Å²) in [6.07, 6.45) is 1.19. The molecule has 0 unspecified atom stereocenters. The summed E-state index contributed by atoms with van der Waals surface area (Å²) in [6.45, 7) is 0.217. The molecule has 0 fully saturated rings. The van der Waals surface area contributed by atoms with Gasteiger partial charge in [0.05, 0.1) is 11.9 Å². The lowest BCUT2D eigenvalue weighted by Crippen LogP contribution is -2.19. The molecule has 17 heavy (non-hydrogen) atoms. The highest BCUT2D eigenvalue weighted by Crippen LogP contribution is 2.10.